The fraction of sp³-hybridized carbons (Fsp3) is 0.333. The topological polar surface area (TPSA) is 12.0 Å². The first-order valence-electron chi connectivity index (χ1n) is 4.91. The second-order valence-corrected chi connectivity index (χ2v) is 4.49. The Morgan fingerprint density at radius 1 is 1.50 bits per heavy atom. The molecular formula is C12H15NS. The third-order valence-electron chi connectivity index (χ3n) is 2.48. The van der Waals surface area contributed by atoms with Gasteiger partial charge in [0.05, 0.1) is 0 Å². The summed E-state index contributed by atoms with van der Waals surface area (Å²) in [4.78, 5) is 0. The number of thioether (sulfide) groups is 1. The Balaban J connectivity index is 2.17. The highest BCUT2D eigenvalue weighted by Crippen LogP contribution is 2.31. The Hall–Kier alpha value is -0.730. The molecule has 2 rings (SSSR count). The molecule has 2 heteroatoms. The van der Waals surface area contributed by atoms with E-state index < -0.39 is 0 Å². The van der Waals surface area contributed by atoms with Crippen LogP contribution in [0.25, 0.3) is 0 Å². The Bertz CT molecular complexity index is 322. The first-order valence-corrected chi connectivity index (χ1v) is 6.07. The summed E-state index contributed by atoms with van der Waals surface area (Å²) in [6, 6.07) is 9.20. The molecule has 74 valence electrons. The Morgan fingerprint density at radius 3 is 3.21 bits per heavy atom. The van der Waals surface area contributed by atoms with Crippen molar-refractivity contribution < 1.29 is 0 Å². The van der Waals surface area contributed by atoms with Gasteiger partial charge < -0.3 is 5.32 Å². The molecule has 0 aromatic heterocycles. The van der Waals surface area contributed by atoms with Crippen molar-refractivity contribution in [2.45, 2.75) is 11.8 Å². The van der Waals surface area contributed by atoms with Crippen LogP contribution in [0.3, 0.4) is 0 Å². The highest BCUT2D eigenvalue weighted by atomic mass is 32.2. The molecule has 1 nitrogen and oxygen atoms in total. The number of benzene rings is 1. The molecule has 1 aliphatic rings. The summed E-state index contributed by atoms with van der Waals surface area (Å²) in [5, 5.41) is 3.49. The van der Waals surface area contributed by atoms with E-state index in [1.54, 1.807) is 0 Å². The van der Waals surface area contributed by atoms with E-state index in [0.717, 1.165) is 12.3 Å². The second kappa shape index (κ2) is 4.67. The molecule has 0 spiro atoms. The zero-order chi connectivity index (χ0) is 9.80. The van der Waals surface area contributed by atoms with E-state index in [4.69, 9.17) is 0 Å². The maximum Gasteiger partial charge on any atom is 0.0417 e. The Kier molecular flexibility index (Phi) is 3.27. The summed E-state index contributed by atoms with van der Waals surface area (Å²) >= 11 is 2.00. The van der Waals surface area contributed by atoms with Crippen LogP contribution in [0.4, 0.5) is 0 Å². The van der Waals surface area contributed by atoms with Crippen molar-refractivity contribution in [3.8, 4) is 0 Å². The van der Waals surface area contributed by atoms with Crippen molar-refractivity contribution in [3.63, 3.8) is 0 Å². The van der Waals surface area contributed by atoms with Gasteiger partial charge in [-0.25, -0.2) is 0 Å². The molecule has 1 N–H and O–H groups in total. The molecule has 1 heterocycles. The van der Waals surface area contributed by atoms with Gasteiger partial charge in [0.25, 0.3) is 0 Å². The zero-order valence-electron chi connectivity index (χ0n) is 8.20. The van der Waals surface area contributed by atoms with Gasteiger partial charge in [-0.05, 0) is 11.1 Å². The van der Waals surface area contributed by atoms with E-state index in [9.17, 15) is 0 Å². The molecule has 0 aliphatic carbocycles. The maximum atomic E-state index is 3.73. The lowest BCUT2D eigenvalue weighted by Gasteiger charge is -2.25. The zero-order valence-corrected chi connectivity index (χ0v) is 9.02. The molecule has 1 unspecified atom stereocenters. The average molecular weight is 205 g/mol. The largest absolute Gasteiger partial charge is 0.306 e. The predicted molar refractivity (Wildman–Crippen MR) is 63.5 cm³/mol. The molecule has 0 radical (unpaired) electrons. The smallest absolute Gasteiger partial charge is 0.0417 e. The molecule has 1 aromatic rings. The summed E-state index contributed by atoms with van der Waals surface area (Å²) in [6.45, 7) is 4.62. The minimum absolute atomic E-state index is 0.503. The minimum atomic E-state index is 0.503. The van der Waals surface area contributed by atoms with Crippen LogP contribution in [0.15, 0.2) is 36.9 Å². The molecular weight excluding hydrogens is 190 g/mol. The quantitative estimate of drug-likeness (QED) is 0.761. The SMILES string of the molecule is C=CCNC1CSCc2ccccc21. The third-order valence-corrected chi connectivity index (χ3v) is 3.57. The number of hydrogen-bond donors (Lipinski definition) is 1. The first kappa shape index (κ1) is 9.81. The van der Waals surface area contributed by atoms with Gasteiger partial charge in [0.1, 0.15) is 0 Å². The fourth-order valence-electron chi connectivity index (χ4n) is 1.78. The summed E-state index contributed by atoms with van der Waals surface area (Å²) < 4.78 is 0. The van der Waals surface area contributed by atoms with E-state index in [2.05, 4.69) is 36.2 Å². The van der Waals surface area contributed by atoms with Crippen molar-refractivity contribution >= 4 is 11.8 Å². The van der Waals surface area contributed by atoms with Gasteiger partial charge in [0, 0.05) is 24.1 Å². The monoisotopic (exact) mass is 205 g/mol. The lowest BCUT2D eigenvalue weighted by atomic mass is 10.0. The van der Waals surface area contributed by atoms with Crippen LogP contribution in [0.2, 0.25) is 0 Å². The van der Waals surface area contributed by atoms with Gasteiger partial charge >= 0.3 is 0 Å². The van der Waals surface area contributed by atoms with Gasteiger partial charge in [-0.1, -0.05) is 30.3 Å². The first-order chi connectivity index (χ1) is 6.92. The van der Waals surface area contributed by atoms with Crippen LogP contribution in [-0.4, -0.2) is 12.3 Å². The molecule has 14 heavy (non-hydrogen) atoms. The summed E-state index contributed by atoms with van der Waals surface area (Å²) in [7, 11) is 0. The van der Waals surface area contributed by atoms with Gasteiger partial charge in [-0.15, -0.1) is 6.58 Å². The number of rotatable bonds is 3. The molecule has 0 saturated heterocycles. The van der Waals surface area contributed by atoms with Crippen molar-refractivity contribution in [1.29, 1.82) is 0 Å². The summed E-state index contributed by atoms with van der Waals surface area (Å²) in [5.41, 5.74) is 2.94. The number of nitrogens with one attached hydrogen (secondary N) is 1. The average Bonchev–Trinajstić information content (AvgIpc) is 2.26. The predicted octanol–water partition coefficient (Wildman–Crippen LogP) is 2.75. The van der Waals surface area contributed by atoms with Gasteiger partial charge in [-0.3, -0.25) is 0 Å². The molecule has 1 aromatic carbocycles. The number of fused-ring (bicyclic) bond motifs is 1. The van der Waals surface area contributed by atoms with Gasteiger partial charge in [0.2, 0.25) is 0 Å². The highest BCUT2D eigenvalue weighted by Gasteiger charge is 2.18. The van der Waals surface area contributed by atoms with E-state index >= 15 is 0 Å². The van der Waals surface area contributed by atoms with Gasteiger partial charge in [-0.2, -0.15) is 11.8 Å². The number of hydrogen-bond acceptors (Lipinski definition) is 2. The van der Waals surface area contributed by atoms with E-state index in [1.807, 2.05) is 17.8 Å². The molecule has 0 fully saturated rings. The van der Waals surface area contributed by atoms with Crippen molar-refractivity contribution in [2.24, 2.45) is 0 Å². The second-order valence-electron chi connectivity index (χ2n) is 3.46. The van der Waals surface area contributed by atoms with Crippen molar-refractivity contribution in [2.75, 3.05) is 12.3 Å². The molecule has 1 aliphatic heterocycles. The van der Waals surface area contributed by atoms with Gasteiger partial charge in [0.15, 0.2) is 0 Å². The van der Waals surface area contributed by atoms with Crippen LogP contribution in [0.5, 0.6) is 0 Å². The van der Waals surface area contributed by atoms with Crippen LogP contribution < -0.4 is 5.32 Å². The van der Waals surface area contributed by atoms with E-state index in [-0.39, 0.29) is 0 Å². The summed E-state index contributed by atoms with van der Waals surface area (Å²) in [5.74, 6) is 2.33. The van der Waals surface area contributed by atoms with Crippen molar-refractivity contribution in [1.82, 2.24) is 5.32 Å². The van der Waals surface area contributed by atoms with Crippen LogP contribution in [0, 0.1) is 0 Å². The lowest BCUT2D eigenvalue weighted by Crippen LogP contribution is -2.26. The van der Waals surface area contributed by atoms with E-state index in [0.29, 0.717) is 6.04 Å². The highest BCUT2D eigenvalue weighted by molar-refractivity contribution is 7.98. The summed E-state index contributed by atoms with van der Waals surface area (Å²) in [6.07, 6.45) is 1.92. The van der Waals surface area contributed by atoms with Crippen molar-refractivity contribution in [3.05, 3.63) is 48.0 Å². The standard InChI is InChI=1S/C12H15NS/c1-2-7-13-12-9-14-8-10-5-3-4-6-11(10)12/h2-6,12-13H,1,7-9H2. The molecule has 0 saturated carbocycles. The Labute approximate surface area is 89.6 Å². The van der Waals surface area contributed by atoms with Crippen LogP contribution in [0.1, 0.15) is 17.2 Å². The Morgan fingerprint density at radius 2 is 2.36 bits per heavy atom. The van der Waals surface area contributed by atoms with Crippen LogP contribution in [-0.2, 0) is 5.75 Å². The van der Waals surface area contributed by atoms with Crippen LogP contribution >= 0.6 is 11.8 Å². The maximum absolute atomic E-state index is 3.73. The molecule has 0 bridgehead atoms. The third kappa shape index (κ3) is 2.02. The molecule has 1 atom stereocenters. The fourth-order valence-corrected chi connectivity index (χ4v) is 2.91. The van der Waals surface area contributed by atoms with E-state index in [1.165, 1.54) is 16.9 Å². The lowest BCUT2D eigenvalue weighted by molar-refractivity contribution is 0.617. The minimum Gasteiger partial charge on any atom is -0.306 e. The normalized spacial score (nSPS) is 20.1. The molecule has 0 amide bonds.